The van der Waals surface area contributed by atoms with Crippen molar-refractivity contribution < 1.29 is 46.1 Å². The molecule has 0 atom stereocenters. The van der Waals surface area contributed by atoms with Crippen LogP contribution in [0, 0.1) is 0 Å². The summed E-state index contributed by atoms with van der Waals surface area (Å²) in [6.07, 6.45) is -8.26. The van der Waals surface area contributed by atoms with Gasteiger partial charge in [0.1, 0.15) is 18.0 Å². The molecule has 0 fully saturated rings. The number of hydrogen-bond acceptors (Lipinski definition) is 7. The summed E-state index contributed by atoms with van der Waals surface area (Å²) in [5.41, 5.74) is -2.42. The van der Waals surface area contributed by atoms with Crippen LogP contribution in [0.4, 0.5) is 38.0 Å². The lowest BCUT2D eigenvalue weighted by Gasteiger charge is -2.22. The molecule has 2 aromatic heterocycles. The Kier molecular flexibility index (Phi) is 7.75. The Morgan fingerprint density at radius 1 is 0.700 bits per heavy atom. The third-order valence-corrected chi connectivity index (χ3v) is 8.72. The fourth-order valence-corrected chi connectivity index (χ4v) is 6.39. The maximum Gasteiger partial charge on any atom is 0.416 e. The molecular weight excluding hydrogens is 670 g/mol. The van der Waals surface area contributed by atoms with Gasteiger partial charge in [-0.3, -0.25) is 19.4 Å². The number of rotatable bonds is 6. The van der Waals surface area contributed by atoms with Crippen LogP contribution in [0.3, 0.4) is 0 Å². The first-order chi connectivity index (χ1) is 23.7. The van der Waals surface area contributed by atoms with E-state index in [4.69, 9.17) is 0 Å². The molecule has 16 heteroatoms. The Balaban J connectivity index is 1.41. The quantitative estimate of drug-likeness (QED) is 0.213. The zero-order chi connectivity index (χ0) is 35.7. The molecule has 2 N–H and O–H groups in total. The normalized spacial score (nSPS) is 14.5. The first-order valence-corrected chi connectivity index (χ1v) is 15.0. The molecule has 0 spiro atoms. The number of hydrogen-bond donors (Lipinski definition) is 2. The molecule has 2 aliphatic rings. The molecule has 5 aromatic rings. The predicted molar refractivity (Wildman–Crippen MR) is 165 cm³/mol. The van der Waals surface area contributed by atoms with Gasteiger partial charge in [0.15, 0.2) is 5.82 Å². The minimum Gasteiger partial charge on any atom is -0.392 e. The van der Waals surface area contributed by atoms with E-state index in [1.807, 2.05) is 0 Å². The van der Waals surface area contributed by atoms with Crippen molar-refractivity contribution in [3.05, 3.63) is 111 Å². The van der Waals surface area contributed by atoms with E-state index in [1.165, 1.54) is 30.6 Å². The van der Waals surface area contributed by atoms with Gasteiger partial charge in [-0.15, -0.1) is 10.2 Å². The van der Waals surface area contributed by atoms with Gasteiger partial charge in [0.05, 0.1) is 37.4 Å². The van der Waals surface area contributed by atoms with Crippen LogP contribution in [0.1, 0.15) is 54.1 Å². The van der Waals surface area contributed by atoms with Gasteiger partial charge in [-0.05, 0) is 69.8 Å². The fourth-order valence-electron chi connectivity index (χ4n) is 6.39. The second kappa shape index (κ2) is 11.8. The van der Waals surface area contributed by atoms with Crippen LogP contribution in [-0.4, -0.2) is 41.8 Å². The first-order valence-electron chi connectivity index (χ1n) is 15.0. The zero-order valence-electron chi connectivity index (χ0n) is 25.8. The minimum absolute atomic E-state index is 0.130. The molecule has 0 saturated carbocycles. The number of pyridine rings is 1. The third-order valence-electron chi connectivity index (χ3n) is 8.72. The molecule has 2 aliphatic heterocycles. The lowest BCUT2D eigenvalue weighted by atomic mass is 9.99. The molecule has 0 radical (unpaired) electrons. The molecule has 0 saturated heterocycles. The maximum atomic E-state index is 14.1. The smallest absolute Gasteiger partial charge is 0.392 e. The van der Waals surface area contributed by atoms with Gasteiger partial charge < -0.3 is 14.8 Å². The van der Waals surface area contributed by atoms with E-state index in [-0.39, 0.29) is 45.0 Å². The monoisotopic (exact) mass is 694 g/mol. The Hall–Kier alpha value is -5.61. The maximum absolute atomic E-state index is 14.1. The number of aliphatic hydroxyl groups excluding tert-OH is 2. The van der Waals surface area contributed by atoms with E-state index in [0.29, 0.717) is 22.5 Å². The average molecular weight is 695 g/mol. The number of halogens is 6. The number of anilines is 2. The van der Waals surface area contributed by atoms with Crippen LogP contribution in [0.15, 0.2) is 67.0 Å². The summed E-state index contributed by atoms with van der Waals surface area (Å²) in [5.74, 6) is -1.66. The summed E-state index contributed by atoms with van der Waals surface area (Å²) in [6.45, 7) is -2.64. The number of aromatic nitrogens is 4. The average Bonchev–Trinajstić information content (AvgIpc) is 3.77. The number of benzene rings is 3. The largest absolute Gasteiger partial charge is 0.416 e. The number of aryl methyl sites for hydroxylation is 1. The van der Waals surface area contributed by atoms with Crippen molar-refractivity contribution in [1.82, 2.24) is 19.7 Å². The first kappa shape index (κ1) is 32.9. The van der Waals surface area contributed by atoms with Gasteiger partial charge in [-0.2, -0.15) is 26.3 Å². The molecule has 256 valence electrons. The molecule has 0 unspecified atom stereocenters. The van der Waals surface area contributed by atoms with Crippen molar-refractivity contribution in [2.24, 2.45) is 7.05 Å². The van der Waals surface area contributed by atoms with E-state index in [2.05, 4.69) is 15.2 Å². The Bertz CT molecular complexity index is 2100. The lowest BCUT2D eigenvalue weighted by molar-refractivity contribution is -0.139. The highest BCUT2D eigenvalue weighted by atomic mass is 19.4. The van der Waals surface area contributed by atoms with Gasteiger partial charge in [-0.25, -0.2) is 4.98 Å². The topological polar surface area (TPSA) is 125 Å². The molecule has 7 rings (SSSR count). The van der Waals surface area contributed by atoms with Crippen LogP contribution < -0.4 is 9.80 Å². The summed E-state index contributed by atoms with van der Waals surface area (Å²) in [7, 11) is 1.70. The van der Waals surface area contributed by atoms with Gasteiger partial charge in [0, 0.05) is 23.7 Å². The van der Waals surface area contributed by atoms with E-state index in [9.17, 15) is 46.1 Å². The van der Waals surface area contributed by atoms with E-state index in [1.54, 1.807) is 35.9 Å². The van der Waals surface area contributed by atoms with Crippen LogP contribution >= 0.6 is 0 Å². The van der Waals surface area contributed by atoms with Crippen molar-refractivity contribution in [3.8, 4) is 22.5 Å². The third kappa shape index (κ3) is 5.45. The zero-order valence-corrected chi connectivity index (χ0v) is 25.8. The number of carbonyl (C=O) groups is 2. The highest BCUT2D eigenvalue weighted by Gasteiger charge is 2.43. The van der Waals surface area contributed by atoms with Gasteiger partial charge >= 0.3 is 12.4 Å². The summed E-state index contributed by atoms with van der Waals surface area (Å²) in [6, 6.07) is 13.6. The van der Waals surface area contributed by atoms with Crippen LogP contribution in [0.25, 0.3) is 22.5 Å². The summed E-state index contributed by atoms with van der Waals surface area (Å²) < 4.78 is 86.5. The van der Waals surface area contributed by atoms with Crippen molar-refractivity contribution in [2.45, 2.75) is 38.7 Å². The highest BCUT2D eigenvalue weighted by molar-refractivity contribution is 6.12. The Morgan fingerprint density at radius 3 is 1.60 bits per heavy atom. The lowest BCUT2D eigenvalue weighted by Crippen LogP contribution is -2.28. The molecule has 10 nitrogen and oxygen atoms in total. The molecule has 0 bridgehead atoms. The van der Waals surface area contributed by atoms with Crippen LogP contribution in [-0.2, 0) is 45.7 Å². The van der Waals surface area contributed by atoms with E-state index < -0.39 is 61.6 Å². The van der Waals surface area contributed by atoms with E-state index >= 15 is 0 Å². The van der Waals surface area contributed by atoms with Crippen molar-refractivity contribution >= 4 is 23.5 Å². The highest BCUT2D eigenvalue weighted by Crippen LogP contribution is 2.43. The predicted octanol–water partition coefficient (Wildman–Crippen LogP) is 5.89. The number of aliphatic hydroxyl groups is 2. The summed E-state index contributed by atoms with van der Waals surface area (Å²) in [5, 5.41) is 27.4. The van der Waals surface area contributed by atoms with Crippen molar-refractivity contribution in [3.63, 3.8) is 0 Å². The van der Waals surface area contributed by atoms with Gasteiger partial charge in [-0.1, -0.05) is 24.3 Å². The molecule has 4 heterocycles. The number of nitrogens with zero attached hydrogens (tertiary/aromatic N) is 6. The molecule has 0 aliphatic carbocycles. The number of carbonyl (C=O) groups excluding carboxylic acids is 2. The Labute approximate surface area is 278 Å². The summed E-state index contributed by atoms with van der Waals surface area (Å²) >= 11 is 0. The van der Waals surface area contributed by atoms with Crippen molar-refractivity contribution in [1.29, 1.82) is 0 Å². The number of fused-ring (bicyclic) bond motifs is 2. The summed E-state index contributed by atoms with van der Waals surface area (Å²) in [4.78, 5) is 34.0. The molecular formula is C34H24F6N6O4. The van der Waals surface area contributed by atoms with E-state index in [0.717, 1.165) is 21.9 Å². The Morgan fingerprint density at radius 2 is 1.18 bits per heavy atom. The van der Waals surface area contributed by atoms with Crippen LogP contribution in [0.5, 0.6) is 0 Å². The SMILES string of the molecule is Cn1cnnc1-c1ccccc1-c1cc(N2Cc3c(cc(CO)cc3C(F)(F)F)C2=O)nc(N2Cc3c(cc(CO)cc3C(F)(F)F)C2=O)c1. The van der Waals surface area contributed by atoms with Gasteiger partial charge in [0.25, 0.3) is 11.8 Å². The second-order valence-corrected chi connectivity index (χ2v) is 11.8. The standard InChI is InChI=1S/C34H24F6N6O4/c1-44-16-41-43-30(44)21-5-3-2-4-20(21)19-10-28(45-12-24-22(31(45)49)6-17(14-47)8-26(24)33(35,36)37)42-29(11-19)46-13-25-23(32(46)50)7-18(15-48)9-27(25)34(38,39)40/h2-11,16,47-48H,12-15H2,1H3. The minimum atomic E-state index is -4.86. The van der Waals surface area contributed by atoms with Crippen molar-refractivity contribution in [2.75, 3.05) is 9.80 Å². The number of alkyl halides is 6. The molecule has 3 aromatic carbocycles. The van der Waals surface area contributed by atoms with Crippen LogP contribution in [0.2, 0.25) is 0 Å². The fraction of sp³-hybridized carbons (Fsp3) is 0.206. The number of amides is 2. The molecule has 50 heavy (non-hydrogen) atoms. The van der Waals surface area contributed by atoms with Gasteiger partial charge in [0.2, 0.25) is 0 Å². The molecule has 2 amide bonds. The second-order valence-electron chi connectivity index (χ2n) is 11.8.